The van der Waals surface area contributed by atoms with Crippen LogP contribution >= 0.6 is 0 Å². The first kappa shape index (κ1) is 14.3. The van der Waals surface area contributed by atoms with Crippen molar-refractivity contribution < 1.29 is 4.79 Å². The second-order valence-corrected chi connectivity index (χ2v) is 4.94. The van der Waals surface area contributed by atoms with E-state index in [0.29, 0.717) is 17.3 Å². The van der Waals surface area contributed by atoms with Crippen molar-refractivity contribution in [1.82, 2.24) is 20.0 Å². The number of aromatic amines is 1. The van der Waals surface area contributed by atoms with E-state index in [0.717, 1.165) is 25.1 Å². The van der Waals surface area contributed by atoms with Crippen molar-refractivity contribution in [1.29, 1.82) is 0 Å². The van der Waals surface area contributed by atoms with Crippen LogP contribution < -0.4 is 5.32 Å². The fraction of sp³-hybridized carbons (Fsp3) is 0.500. The molecule has 0 unspecified atom stereocenters. The van der Waals surface area contributed by atoms with Gasteiger partial charge in [0.2, 0.25) is 0 Å². The number of anilines is 1. The van der Waals surface area contributed by atoms with Crippen LogP contribution in [0.5, 0.6) is 0 Å². The summed E-state index contributed by atoms with van der Waals surface area (Å²) in [4.78, 5) is 12.0. The van der Waals surface area contributed by atoms with Crippen LogP contribution in [0.1, 0.15) is 55.6 Å². The monoisotopic (exact) mass is 275 g/mol. The molecule has 2 aromatic rings. The number of nitrogens with one attached hydrogen (secondary N) is 2. The summed E-state index contributed by atoms with van der Waals surface area (Å²) in [6.45, 7) is 7.02. The molecular weight excluding hydrogens is 254 g/mol. The number of aryl methyl sites for hydroxylation is 1. The van der Waals surface area contributed by atoms with Crippen LogP contribution in [0, 0.1) is 0 Å². The molecule has 108 valence electrons. The Labute approximate surface area is 118 Å². The van der Waals surface area contributed by atoms with Crippen LogP contribution in [-0.4, -0.2) is 25.9 Å². The fourth-order valence-corrected chi connectivity index (χ4v) is 2.08. The van der Waals surface area contributed by atoms with Crippen molar-refractivity contribution in [3.8, 4) is 0 Å². The lowest BCUT2D eigenvalue weighted by molar-refractivity contribution is 0.102. The van der Waals surface area contributed by atoms with E-state index in [4.69, 9.17) is 0 Å². The quantitative estimate of drug-likeness (QED) is 0.851. The van der Waals surface area contributed by atoms with Gasteiger partial charge in [0.25, 0.3) is 5.91 Å². The van der Waals surface area contributed by atoms with E-state index in [1.165, 1.54) is 0 Å². The molecule has 0 spiro atoms. The molecule has 2 heterocycles. The third-order valence-electron chi connectivity index (χ3n) is 3.31. The lowest BCUT2D eigenvalue weighted by atomic mass is 10.0. The number of aromatic nitrogens is 4. The summed E-state index contributed by atoms with van der Waals surface area (Å²) in [5, 5.41) is 14.0. The number of hydrogen-bond acceptors (Lipinski definition) is 3. The molecule has 0 saturated heterocycles. The molecule has 6 nitrogen and oxygen atoms in total. The maximum Gasteiger partial charge on any atom is 0.260 e. The molecule has 0 aliphatic rings. The molecule has 1 atom stereocenters. The van der Waals surface area contributed by atoms with Crippen LogP contribution in [-0.2, 0) is 6.54 Å². The number of rotatable bonds is 6. The Hall–Kier alpha value is -2.11. The molecule has 1 amide bonds. The van der Waals surface area contributed by atoms with Gasteiger partial charge in [0.05, 0.1) is 11.8 Å². The SMILES string of the molecule is CCC[C@@H](C)c1cc(NC(=O)c2cnn(CC)c2)n[nH]1. The largest absolute Gasteiger partial charge is 0.305 e. The number of carbonyl (C=O) groups is 1. The van der Waals surface area contributed by atoms with Gasteiger partial charge in [0.1, 0.15) is 0 Å². The van der Waals surface area contributed by atoms with Crippen molar-refractivity contribution >= 4 is 11.7 Å². The van der Waals surface area contributed by atoms with E-state index in [9.17, 15) is 4.79 Å². The van der Waals surface area contributed by atoms with Crippen molar-refractivity contribution in [2.45, 2.75) is 46.1 Å². The first-order valence-electron chi connectivity index (χ1n) is 7.03. The minimum atomic E-state index is -0.189. The number of H-pyrrole nitrogens is 1. The highest BCUT2D eigenvalue weighted by atomic mass is 16.1. The van der Waals surface area contributed by atoms with Crippen LogP contribution in [0.4, 0.5) is 5.82 Å². The molecule has 0 bridgehead atoms. The minimum absolute atomic E-state index is 0.189. The number of hydrogen-bond donors (Lipinski definition) is 2. The lowest BCUT2D eigenvalue weighted by Gasteiger charge is -2.05. The Bertz CT molecular complexity index is 572. The summed E-state index contributed by atoms with van der Waals surface area (Å²) in [6.07, 6.45) is 5.51. The first-order valence-corrected chi connectivity index (χ1v) is 7.03. The van der Waals surface area contributed by atoms with Gasteiger partial charge in [0, 0.05) is 24.5 Å². The smallest absolute Gasteiger partial charge is 0.260 e. The summed E-state index contributed by atoms with van der Waals surface area (Å²) < 4.78 is 1.72. The average molecular weight is 275 g/mol. The summed E-state index contributed by atoms with van der Waals surface area (Å²) >= 11 is 0. The highest BCUT2D eigenvalue weighted by Crippen LogP contribution is 2.20. The molecule has 0 saturated carbocycles. The van der Waals surface area contributed by atoms with E-state index in [2.05, 4.69) is 34.5 Å². The van der Waals surface area contributed by atoms with E-state index < -0.39 is 0 Å². The molecule has 6 heteroatoms. The minimum Gasteiger partial charge on any atom is -0.305 e. The van der Waals surface area contributed by atoms with Gasteiger partial charge in [-0.3, -0.25) is 14.6 Å². The van der Waals surface area contributed by atoms with Crippen molar-refractivity contribution in [3.63, 3.8) is 0 Å². The van der Waals surface area contributed by atoms with Gasteiger partial charge in [-0.05, 0) is 19.3 Å². The second-order valence-electron chi connectivity index (χ2n) is 4.94. The molecule has 0 aromatic carbocycles. The van der Waals surface area contributed by atoms with Gasteiger partial charge >= 0.3 is 0 Å². The van der Waals surface area contributed by atoms with Crippen LogP contribution in [0.3, 0.4) is 0 Å². The third kappa shape index (κ3) is 3.26. The molecule has 0 fully saturated rings. The predicted octanol–water partition coefficient (Wildman–Crippen LogP) is 2.78. The van der Waals surface area contributed by atoms with Gasteiger partial charge in [-0.15, -0.1) is 0 Å². The Morgan fingerprint density at radius 1 is 1.50 bits per heavy atom. The normalized spacial score (nSPS) is 12.3. The molecular formula is C14H21N5O. The second kappa shape index (κ2) is 6.36. The Morgan fingerprint density at radius 2 is 2.30 bits per heavy atom. The zero-order valence-electron chi connectivity index (χ0n) is 12.2. The molecule has 2 N–H and O–H groups in total. The van der Waals surface area contributed by atoms with Gasteiger partial charge in [-0.1, -0.05) is 20.3 Å². The van der Waals surface area contributed by atoms with E-state index >= 15 is 0 Å². The summed E-state index contributed by atoms with van der Waals surface area (Å²) in [5.41, 5.74) is 1.59. The maximum absolute atomic E-state index is 12.0. The standard InChI is InChI=1S/C14H21N5O/c1-4-6-10(3)12-7-13(18-17-12)16-14(20)11-8-15-19(5-2)9-11/h7-10H,4-6H2,1-3H3,(H2,16,17,18,20)/t10-/m1/s1. The Kier molecular flexibility index (Phi) is 4.55. The summed E-state index contributed by atoms with van der Waals surface area (Å²) in [5.74, 6) is 0.782. The predicted molar refractivity (Wildman–Crippen MR) is 77.8 cm³/mol. The zero-order chi connectivity index (χ0) is 14.5. The lowest BCUT2D eigenvalue weighted by Crippen LogP contribution is -2.11. The van der Waals surface area contributed by atoms with Gasteiger partial charge in [0.15, 0.2) is 5.82 Å². The van der Waals surface area contributed by atoms with Gasteiger partial charge in [-0.25, -0.2) is 0 Å². The Balaban J connectivity index is 2.01. The summed E-state index contributed by atoms with van der Waals surface area (Å²) in [7, 11) is 0. The topological polar surface area (TPSA) is 75.6 Å². The van der Waals surface area contributed by atoms with Crippen molar-refractivity contribution in [2.75, 3.05) is 5.32 Å². The molecule has 2 rings (SSSR count). The number of amides is 1. The molecule has 0 aliphatic heterocycles. The van der Waals surface area contributed by atoms with Gasteiger partial charge in [-0.2, -0.15) is 10.2 Å². The first-order chi connectivity index (χ1) is 9.63. The average Bonchev–Trinajstić information content (AvgIpc) is 3.07. The van der Waals surface area contributed by atoms with Crippen LogP contribution in [0.2, 0.25) is 0 Å². The van der Waals surface area contributed by atoms with Crippen molar-refractivity contribution in [2.24, 2.45) is 0 Å². The maximum atomic E-state index is 12.0. The highest BCUT2D eigenvalue weighted by Gasteiger charge is 2.12. The molecule has 0 aliphatic carbocycles. The van der Waals surface area contributed by atoms with Crippen LogP contribution in [0.15, 0.2) is 18.5 Å². The van der Waals surface area contributed by atoms with E-state index in [1.807, 2.05) is 13.0 Å². The highest BCUT2D eigenvalue weighted by molar-refractivity contribution is 6.03. The molecule has 2 aromatic heterocycles. The van der Waals surface area contributed by atoms with Gasteiger partial charge < -0.3 is 5.32 Å². The molecule has 0 radical (unpaired) electrons. The number of carbonyl (C=O) groups excluding carboxylic acids is 1. The fourth-order valence-electron chi connectivity index (χ4n) is 2.08. The third-order valence-corrected chi connectivity index (χ3v) is 3.31. The number of nitrogens with zero attached hydrogens (tertiary/aromatic N) is 3. The Morgan fingerprint density at radius 3 is 2.95 bits per heavy atom. The zero-order valence-corrected chi connectivity index (χ0v) is 12.2. The molecule has 20 heavy (non-hydrogen) atoms. The van der Waals surface area contributed by atoms with Crippen LogP contribution in [0.25, 0.3) is 0 Å². The van der Waals surface area contributed by atoms with E-state index in [1.54, 1.807) is 17.1 Å². The van der Waals surface area contributed by atoms with E-state index in [-0.39, 0.29) is 5.91 Å². The van der Waals surface area contributed by atoms with Crippen molar-refractivity contribution in [3.05, 3.63) is 29.7 Å². The summed E-state index contributed by atoms with van der Waals surface area (Å²) in [6, 6.07) is 1.89.